The van der Waals surface area contributed by atoms with Gasteiger partial charge in [-0.2, -0.15) is 13.2 Å². The number of hydrogen-bond acceptors (Lipinski definition) is 2. The molecule has 1 heterocycles. The van der Waals surface area contributed by atoms with Crippen LogP contribution < -0.4 is 4.74 Å². The molecule has 1 fully saturated rings. The average molecular weight is 416 g/mol. The van der Waals surface area contributed by atoms with E-state index < -0.39 is 17.4 Å². The number of rotatable bonds is 3. The van der Waals surface area contributed by atoms with Gasteiger partial charge in [0.2, 0.25) is 0 Å². The predicted octanol–water partition coefficient (Wildman–Crippen LogP) is 7.07. The lowest BCUT2D eigenvalue weighted by Crippen LogP contribution is -2.29. The summed E-state index contributed by atoms with van der Waals surface area (Å²) < 4.78 is 59.9. The first-order valence-electron chi connectivity index (χ1n) is 8.00. The second kappa shape index (κ2) is 6.24. The van der Waals surface area contributed by atoms with Gasteiger partial charge in [0, 0.05) is 16.8 Å². The molecule has 0 bridgehead atoms. The molecule has 0 N–H and O–H groups in total. The molecule has 1 aliphatic rings. The van der Waals surface area contributed by atoms with Gasteiger partial charge in [0.15, 0.2) is 0 Å². The van der Waals surface area contributed by atoms with Crippen LogP contribution in [0.4, 0.5) is 17.6 Å². The summed E-state index contributed by atoms with van der Waals surface area (Å²) in [4.78, 5) is 4.13. The minimum absolute atomic E-state index is 0.0573. The van der Waals surface area contributed by atoms with E-state index in [4.69, 9.17) is 27.9 Å². The van der Waals surface area contributed by atoms with Gasteiger partial charge in [-0.15, -0.1) is 0 Å². The van der Waals surface area contributed by atoms with Crippen LogP contribution in [0.3, 0.4) is 0 Å². The lowest BCUT2D eigenvalue weighted by atomic mass is 9.92. The summed E-state index contributed by atoms with van der Waals surface area (Å²) in [5.74, 6) is 0.0933. The van der Waals surface area contributed by atoms with E-state index in [0.29, 0.717) is 5.75 Å². The number of ether oxygens (including phenoxy) is 1. The Bertz CT molecular complexity index is 1030. The SMILES string of the molecule is Fc1ccc(Oc2ccnc3c(C4(C(F)(F)F)CC4)c(Cl)cc(Cl)c23)cc1. The molecule has 0 amide bonds. The van der Waals surface area contributed by atoms with E-state index in [2.05, 4.69) is 4.98 Å². The molecule has 27 heavy (non-hydrogen) atoms. The van der Waals surface area contributed by atoms with Gasteiger partial charge < -0.3 is 4.74 Å². The maximum atomic E-state index is 13.7. The van der Waals surface area contributed by atoms with Crippen molar-refractivity contribution in [3.05, 3.63) is 64.0 Å². The highest BCUT2D eigenvalue weighted by Gasteiger charge is 2.65. The van der Waals surface area contributed by atoms with Crippen LogP contribution >= 0.6 is 23.2 Å². The first kappa shape index (κ1) is 18.3. The largest absolute Gasteiger partial charge is 0.457 e. The van der Waals surface area contributed by atoms with Gasteiger partial charge in [-0.1, -0.05) is 23.2 Å². The minimum atomic E-state index is -4.45. The molecule has 1 aliphatic carbocycles. The maximum Gasteiger partial charge on any atom is 0.398 e. The molecule has 1 aromatic heterocycles. The van der Waals surface area contributed by atoms with Crippen molar-refractivity contribution in [3.8, 4) is 11.5 Å². The maximum absolute atomic E-state index is 13.7. The van der Waals surface area contributed by atoms with E-state index in [9.17, 15) is 17.6 Å². The zero-order chi connectivity index (χ0) is 19.4. The molecule has 140 valence electrons. The lowest BCUT2D eigenvalue weighted by molar-refractivity contribution is -0.160. The standard InChI is InChI=1S/C19H11Cl2F4NO/c20-12-9-13(21)16(18(6-7-18)19(23,24)25)17-15(12)14(5-8-26-17)27-11-3-1-10(22)2-4-11/h1-5,8-9H,6-7H2. The Morgan fingerprint density at radius 3 is 2.26 bits per heavy atom. The smallest absolute Gasteiger partial charge is 0.398 e. The van der Waals surface area contributed by atoms with Crippen LogP contribution in [0.15, 0.2) is 42.6 Å². The molecule has 2 aromatic carbocycles. The Morgan fingerprint density at radius 1 is 1.00 bits per heavy atom. The zero-order valence-corrected chi connectivity index (χ0v) is 15.1. The molecule has 0 atom stereocenters. The van der Waals surface area contributed by atoms with Crippen LogP contribution in [-0.4, -0.2) is 11.2 Å². The van der Waals surface area contributed by atoms with Gasteiger partial charge in [0.25, 0.3) is 0 Å². The van der Waals surface area contributed by atoms with Crippen LogP contribution in [0.2, 0.25) is 10.0 Å². The van der Waals surface area contributed by atoms with Crippen molar-refractivity contribution in [1.82, 2.24) is 4.98 Å². The summed E-state index contributed by atoms with van der Waals surface area (Å²) in [7, 11) is 0. The summed E-state index contributed by atoms with van der Waals surface area (Å²) >= 11 is 12.4. The van der Waals surface area contributed by atoms with Crippen molar-refractivity contribution in [2.45, 2.75) is 24.4 Å². The molecule has 3 aromatic rings. The number of halogens is 6. The highest BCUT2D eigenvalue weighted by Crippen LogP contribution is 2.62. The predicted molar refractivity (Wildman–Crippen MR) is 95.2 cm³/mol. The van der Waals surface area contributed by atoms with Crippen LogP contribution in [0.1, 0.15) is 18.4 Å². The number of hydrogen-bond donors (Lipinski definition) is 0. The number of fused-ring (bicyclic) bond motifs is 1. The number of pyridine rings is 1. The average Bonchev–Trinajstić information content (AvgIpc) is 3.38. The number of nitrogens with zero attached hydrogens (tertiary/aromatic N) is 1. The van der Waals surface area contributed by atoms with Crippen LogP contribution in [0.5, 0.6) is 11.5 Å². The third-order valence-electron chi connectivity index (χ3n) is 4.69. The number of alkyl halides is 3. The van der Waals surface area contributed by atoms with Crippen LogP contribution in [0, 0.1) is 5.82 Å². The molecule has 0 saturated heterocycles. The van der Waals surface area contributed by atoms with Crippen LogP contribution in [0.25, 0.3) is 10.9 Å². The van der Waals surface area contributed by atoms with Crippen LogP contribution in [-0.2, 0) is 5.41 Å². The molecule has 0 radical (unpaired) electrons. The fraction of sp³-hybridized carbons (Fsp3) is 0.211. The third kappa shape index (κ3) is 3.01. The van der Waals surface area contributed by atoms with Crippen molar-refractivity contribution < 1.29 is 22.3 Å². The lowest BCUT2D eigenvalue weighted by Gasteiger charge is -2.23. The Balaban J connectivity index is 1.91. The van der Waals surface area contributed by atoms with E-state index in [1.165, 1.54) is 42.6 Å². The Hall–Kier alpha value is -2.05. The van der Waals surface area contributed by atoms with Gasteiger partial charge in [-0.25, -0.2) is 4.39 Å². The zero-order valence-electron chi connectivity index (χ0n) is 13.6. The Morgan fingerprint density at radius 2 is 1.67 bits per heavy atom. The van der Waals surface area contributed by atoms with Crippen molar-refractivity contribution in [2.75, 3.05) is 0 Å². The van der Waals surface area contributed by atoms with Crippen molar-refractivity contribution in [3.63, 3.8) is 0 Å². The first-order valence-corrected chi connectivity index (χ1v) is 8.76. The fourth-order valence-electron chi connectivity index (χ4n) is 3.20. The fourth-order valence-corrected chi connectivity index (χ4v) is 3.93. The van der Waals surface area contributed by atoms with E-state index in [1.807, 2.05) is 0 Å². The van der Waals surface area contributed by atoms with Crippen molar-refractivity contribution >= 4 is 34.1 Å². The molecule has 8 heteroatoms. The summed E-state index contributed by atoms with van der Waals surface area (Å²) in [6, 6.07) is 8.01. The molecule has 0 aliphatic heterocycles. The Labute approximate surface area is 161 Å². The van der Waals surface area contributed by atoms with Crippen molar-refractivity contribution in [2.24, 2.45) is 0 Å². The van der Waals surface area contributed by atoms with E-state index >= 15 is 0 Å². The Kier molecular flexibility index (Phi) is 4.24. The van der Waals surface area contributed by atoms with E-state index in [0.717, 1.165) is 0 Å². The number of aromatic nitrogens is 1. The molecular formula is C19H11Cl2F4NO. The second-order valence-corrected chi connectivity index (χ2v) is 7.20. The third-order valence-corrected chi connectivity index (χ3v) is 5.29. The summed E-state index contributed by atoms with van der Waals surface area (Å²) in [6.07, 6.45) is -3.23. The summed E-state index contributed by atoms with van der Waals surface area (Å²) in [5.41, 5.74) is -2.04. The van der Waals surface area contributed by atoms with Gasteiger partial charge >= 0.3 is 6.18 Å². The molecular weight excluding hydrogens is 405 g/mol. The van der Waals surface area contributed by atoms with Gasteiger partial charge in [-0.05, 0) is 49.2 Å². The highest BCUT2D eigenvalue weighted by atomic mass is 35.5. The quantitative estimate of drug-likeness (QED) is 0.426. The van der Waals surface area contributed by atoms with E-state index in [-0.39, 0.29) is 45.1 Å². The molecule has 1 saturated carbocycles. The summed E-state index contributed by atoms with van der Waals surface area (Å²) in [5, 5.41) is 0.286. The second-order valence-electron chi connectivity index (χ2n) is 6.38. The highest BCUT2D eigenvalue weighted by molar-refractivity contribution is 6.39. The monoisotopic (exact) mass is 415 g/mol. The molecule has 0 spiro atoms. The molecule has 4 rings (SSSR count). The normalized spacial score (nSPS) is 15.8. The minimum Gasteiger partial charge on any atom is -0.457 e. The van der Waals surface area contributed by atoms with Crippen molar-refractivity contribution in [1.29, 1.82) is 0 Å². The first-order chi connectivity index (χ1) is 12.7. The van der Waals surface area contributed by atoms with E-state index in [1.54, 1.807) is 0 Å². The number of benzene rings is 2. The summed E-state index contributed by atoms with van der Waals surface area (Å²) in [6.45, 7) is 0. The van der Waals surface area contributed by atoms with Gasteiger partial charge in [0.1, 0.15) is 17.3 Å². The topological polar surface area (TPSA) is 22.1 Å². The van der Waals surface area contributed by atoms with Gasteiger partial charge in [0.05, 0.1) is 21.3 Å². The molecule has 0 unspecified atom stereocenters. The molecule has 2 nitrogen and oxygen atoms in total. The van der Waals surface area contributed by atoms with Gasteiger partial charge in [-0.3, -0.25) is 4.98 Å².